The minimum Gasteiger partial charge on any atom is -0.463 e. The Labute approximate surface area is 176 Å². The minimum atomic E-state index is -0.265. The number of furan rings is 1. The number of carbonyl (C=O) groups is 1. The number of halogens is 1. The smallest absolute Gasteiger partial charge is 0.270 e. The van der Waals surface area contributed by atoms with Gasteiger partial charge < -0.3 is 14.1 Å². The summed E-state index contributed by atoms with van der Waals surface area (Å²) in [4.78, 5) is 17.5. The normalized spacial score (nSPS) is 11.1. The van der Waals surface area contributed by atoms with Gasteiger partial charge in [-0.05, 0) is 36.4 Å². The fraction of sp³-hybridized carbons (Fsp3) is 0.0455. The van der Waals surface area contributed by atoms with Gasteiger partial charge in [-0.15, -0.1) is 0 Å². The van der Waals surface area contributed by atoms with E-state index in [1.807, 2.05) is 47.0 Å². The molecule has 1 N–H and O–H groups in total. The van der Waals surface area contributed by atoms with E-state index in [2.05, 4.69) is 15.4 Å². The van der Waals surface area contributed by atoms with Crippen molar-refractivity contribution in [2.45, 2.75) is 6.54 Å². The fourth-order valence-corrected chi connectivity index (χ4v) is 3.39. The van der Waals surface area contributed by atoms with Gasteiger partial charge in [0.25, 0.3) is 5.91 Å². The molecule has 0 saturated heterocycles. The third kappa shape index (κ3) is 3.46. The molecule has 0 unspecified atom stereocenters. The van der Waals surface area contributed by atoms with Crippen LogP contribution in [0.5, 0.6) is 0 Å². The summed E-state index contributed by atoms with van der Waals surface area (Å²) in [6.07, 6.45) is 5.19. The van der Waals surface area contributed by atoms with Gasteiger partial charge in [0.2, 0.25) is 0 Å². The van der Waals surface area contributed by atoms with E-state index in [0.29, 0.717) is 22.2 Å². The van der Waals surface area contributed by atoms with E-state index < -0.39 is 0 Å². The lowest BCUT2D eigenvalue weighted by molar-refractivity contribution is 0.0942. The quantitative estimate of drug-likeness (QED) is 0.461. The summed E-state index contributed by atoms with van der Waals surface area (Å²) >= 11 is 6.02. The Hall–Kier alpha value is -3.84. The van der Waals surface area contributed by atoms with E-state index in [4.69, 9.17) is 16.0 Å². The van der Waals surface area contributed by atoms with Crippen LogP contribution in [-0.4, -0.2) is 25.1 Å². The summed E-state index contributed by atoms with van der Waals surface area (Å²) in [6.45, 7) is 0.272. The molecule has 1 amide bonds. The van der Waals surface area contributed by atoms with Crippen molar-refractivity contribution in [3.63, 3.8) is 0 Å². The Bertz CT molecular complexity index is 1320. The molecule has 5 aromatic rings. The Morgan fingerprint density at radius 2 is 1.93 bits per heavy atom. The van der Waals surface area contributed by atoms with Gasteiger partial charge in [0, 0.05) is 18.5 Å². The molecular weight excluding hydrogens is 402 g/mol. The molecule has 0 fully saturated rings. The summed E-state index contributed by atoms with van der Waals surface area (Å²) in [6, 6.07) is 18.4. The third-order valence-electron chi connectivity index (χ3n) is 4.61. The molecule has 0 radical (unpaired) electrons. The SMILES string of the molecule is O=C(NCc1cn2cc(Cl)ccc2n1)c1cc(-c2ccco2)nn1-c1ccccc1. The van der Waals surface area contributed by atoms with E-state index in [1.54, 1.807) is 41.4 Å². The van der Waals surface area contributed by atoms with Gasteiger partial charge in [-0.1, -0.05) is 29.8 Å². The molecule has 0 spiro atoms. The van der Waals surface area contributed by atoms with Crippen molar-refractivity contribution < 1.29 is 9.21 Å². The van der Waals surface area contributed by atoms with Gasteiger partial charge in [-0.25, -0.2) is 9.67 Å². The Morgan fingerprint density at radius 1 is 1.07 bits per heavy atom. The Kier molecular flexibility index (Phi) is 4.57. The minimum absolute atomic E-state index is 0.265. The van der Waals surface area contributed by atoms with Gasteiger partial charge in [-0.3, -0.25) is 4.79 Å². The monoisotopic (exact) mass is 417 g/mol. The van der Waals surface area contributed by atoms with E-state index in [1.165, 1.54) is 0 Å². The van der Waals surface area contributed by atoms with Gasteiger partial charge in [-0.2, -0.15) is 5.10 Å². The molecule has 0 aliphatic heterocycles. The number of hydrogen-bond acceptors (Lipinski definition) is 4. The zero-order valence-electron chi connectivity index (χ0n) is 15.7. The fourth-order valence-electron chi connectivity index (χ4n) is 3.22. The average molecular weight is 418 g/mol. The number of carbonyl (C=O) groups excluding carboxylic acids is 1. The van der Waals surface area contributed by atoms with Crippen LogP contribution >= 0.6 is 11.6 Å². The highest BCUT2D eigenvalue weighted by Gasteiger charge is 2.19. The zero-order chi connectivity index (χ0) is 20.5. The van der Waals surface area contributed by atoms with Crippen LogP contribution in [0, 0.1) is 0 Å². The largest absolute Gasteiger partial charge is 0.463 e. The zero-order valence-corrected chi connectivity index (χ0v) is 16.5. The Morgan fingerprint density at radius 3 is 2.73 bits per heavy atom. The van der Waals surface area contributed by atoms with Crippen molar-refractivity contribution >= 4 is 23.2 Å². The van der Waals surface area contributed by atoms with Gasteiger partial charge in [0.05, 0.1) is 29.2 Å². The lowest BCUT2D eigenvalue weighted by Crippen LogP contribution is -2.25. The maximum atomic E-state index is 13.0. The second-order valence-electron chi connectivity index (χ2n) is 6.67. The highest BCUT2D eigenvalue weighted by molar-refractivity contribution is 6.30. The lowest BCUT2D eigenvalue weighted by atomic mass is 10.2. The summed E-state index contributed by atoms with van der Waals surface area (Å²) in [5.74, 6) is 0.329. The number of rotatable bonds is 5. The number of nitrogens with zero attached hydrogens (tertiary/aromatic N) is 4. The van der Waals surface area contributed by atoms with Crippen LogP contribution in [0.3, 0.4) is 0 Å². The maximum Gasteiger partial charge on any atom is 0.270 e. The molecular formula is C22H16ClN5O2. The summed E-state index contributed by atoms with van der Waals surface area (Å²) in [5, 5.41) is 8.11. The van der Waals surface area contributed by atoms with Crippen molar-refractivity contribution in [3.8, 4) is 17.1 Å². The molecule has 0 aliphatic rings. The van der Waals surface area contributed by atoms with E-state index >= 15 is 0 Å². The lowest BCUT2D eigenvalue weighted by Gasteiger charge is -2.07. The predicted octanol–water partition coefficient (Wildman–Crippen LogP) is 4.36. The molecule has 4 heterocycles. The predicted molar refractivity (Wildman–Crippen MR) is 113 cm³/mol. The second-order valence-corrected chi connectivity index (χ2v) is 7.10. The Balaban J connectivity index is 1.43. The first-order chi connectivity index (χ1) is 14.7. The van der Waals surface area contributed by atoms with Crippen LogP contribution < -0.4 is 5.32 Å². The molecule has 1 aromatic carbocycles. The molecule has 0 bridgehead atoms. The van der Waals surface area contributed by atoms with Crippen LogP contribution in [0.2, 0.25) is 5.02 Å². The number of hydrogen-bond donors (Lipinski definition) is 1. The van der Waals surface area contributed by atoms with Crippen molar-refractivity contribution in [2.75, 3.05) is 0 Å². The molecule has 0 atom stereocenters. The van der Waals surface area contributed by atoms with Gasteiger partial charge in [0.15, 0.2) is 5.76 Å². The van der Waals surface area contributed by atoms with Gasteiger partial charge in [0.1, 0.15) is 17.0 Å². The van der Waals surface area contributed by atoms with Crippen molar-refractivity contribution in [1.29, 1.82) is 0 Å². The van der Waals surface area contributed by atoms with Crippen molar-refractivity contribution in [3.05, 3.63) is 95.7 Å². The number of amides is 1. The molecule has 0 aliphatic carbocycles. The van der Waals surface area contributed by atoms with Crippen molar-refractivity contribution in [2.24, 2.45) is 0 Å². The van der Waals surface area contributed by atoms with Crippen LogP contribution in [0.4, 0.5) is 0 Å². The molecule has 7 nitrogen and oxygen atoms in total. The highest BCUT2D eigenvalue weighted by Crippen LogP contribution is 2.22. The molecule has 4 aromatic heterocycles. The van der Waals surface area contributed by atoms with Crippen LogP contribution in [0.25, 0.3) is 22.8 Å². The summed E-state index contributed by atoms with van der Waals surface area (Å²) in [5.41, 5.74) is 3.25. The molecule has 148 valence electrons. The first-order valence-electron chi connectivity index (χ1n) is 9.28. The molecule has 5 rings (SSSR count). The van der Waals surface area contributed by atoms with Gasteiger partial charge >= 0.3 is 0 Å². The van der Waals surface area contributed by atoms with E-state index in [9.17, 15) is 4.79 Å². The second kappa shape index (κ2) is 7.53. The summed E-state index contributed by atoms with van der Waals surface area (Å²) in [7, 11) is 0. The van der Waals surface area contributed by atoms with E-state index in [-0.39, 0.29) is 12.5 Å². The number of aromatic nitrogens is 4. The first kappa shape index (κ1) is 18.2. The topological polar surface area (TPSA) is 77.4 Å². The van der Waals surface area contributed by atoms with E-state index in [0.717, 1.165) is 17.0 Å². The van der Waals surface area contributed by atoms with Crippen molar-refractivity contribution in [1.82, 2.24) is 24.5 Å². The maximum absolute atomic E-state index is 13.0. The number of fused-ring (bicyclic) bond motifs is 1. The molecule has 0 saturated carbocycles. The van der Waals surface area contributed by atoms with Crippen LogP contribution in [0.15, 0.2) is 83.7 Å². The number of imidazole rings is 1. The number of nitrogens with one attached hydrogen (secondary N) is 1. The summed E-state index contributed by atoms with van der Waals surface area (Å²) < 4.78 is 8.88. The van der Waals surface area contributed by atoms with Crippen LogP contribution in [-0.2, 0) is 6.54 Å². The van der Waals surface area contributed by atoms with Crippen LogP contribution in [0.1, 0.15) is 16.2 Å². The molecule has 30 heavy (non-hydrogen) atoms. The number of benzene rings is 1. The molecule has 8 heteroatoms. The highest BCUT2D eigenvalue weighted by atomic mass is 35.5. The third-order valence-corrected chi connectivity index (χ3v) is 4.83. The number of pyridine rings is 1. The first-order valence-corrected chi connectivity index (χ1v) is 9.66. The average Bonchev–Trinajstić information content (AvgIpc) is 3.51. The number of para-hydroxylation sites is 1. The standard InChI is InChI=1S/C22H16ClN5O2/c23-15-8-9-21-25-16(14-27(21)13-15)12-24-22(29)19-11-18(20-7-4-10-30-20)26-28(19)17-5-2-1-3-6-17/h1-11,13-14H,12H2,(H,24,29).